The number of nitrogens with one attached hydrogen (secondary N) is 1. The number of amides is 1. The number of rotatable bonds is 4. The Kier molecular flexibility index (Phi) is 4.70. The number of carbonyl (C=O) groups excluding carboxylic acids is 1. The SMILES string of the molecule is O=C(Nc1cnn(CC2CCOCC2)c1)[C@H]1CC=CCC1. The van der Waals surface area contributed by atoms with E-state index in [0.717, 1.165) is 57.6 Å². The van der Waals surface area contributed by atoms with Crippen molar-refractivity contribution >= 4 is 11.6 Å². The van der Waals surface area contributed by atoms with Crippen LogP contribution in [-0.4, -0.2) is 28.9 Å². The molecule has 1 fully saturated rings. The summed E-state index contributed by atoms with van der Waals surface area (Å²) in [5.41, 5.74) is 0.807. The smallest absolute Gasteiger partial charge is 0.227 e. The average Bonchev–Trinajstić information content (AvgIpc) is 2.96. The number of hydrogen-bond acceptors (Lipinski definition) is 3. The van der Waals surface area contributed by atoms with E-state index in [1.165, 1.54) is 0 Å². The highest BCUT2D eigenvalue weighted by molar-refractivity contribution is 5.92. The van der Waals surface area contributed by atoms with E-state index in [2.05, 4.69) is 22.6 Å². The molecule has 1 aliphatic carbocycles. The molecule has 1 N–H and O–H groups in total. The van der Waals surface area contributed by atoms with Crippen LogP contribution in [0.15, 0.2) is 24.5 Å². The fraction of sp³-hybridized carbons (Fsp3) is 0.625. The molecule has 1 saturated heterocycles. The van der Waals surface area contributed by atoms with Crippen molar-refractivity contribution in [2.24, 2.45) is 11.8 Å². The quantitative estimate of drug-likeness (QED) is 0.867. The molecule has 1 atom stereocenters. The maximum Gasteiger partial charge on any atom is 0.227 e. The first-order valence-corrected chi connectivity index (χ1v) is 7.87. The Labute approximate surface area is 125 Å². The molecule has 0 saturated carbocycles. The van der Waals surface area contributed by atoms with E-state index in [1.807, 2.05) is 10.9 Å². The molecule has 1 aromatic rings. The van der Waals surface area contributed by atoms with Crippen molar-refractivity contribution in [1.82, 2.24) is 9.78 Å². The highest BCUT2D eigenvalue weighted by Gasteiger charge is 2.19. The zero-order valence-electron chi connectivity index (χ0n) is 12.3. The van der Waals surface area contributed by atoms with Gasteiger partial charge in [-0.1, -0.05) is 12.2 Å². The molecule has 1 aliphatic heterocycles. The average molecular weight is 289 g/mol. The van der Waals surface area contributed by atoms with E-state index < -0.39 is 0 Å². The van der Waals surface area contributed by atoms with Crippen molar-refractivity contribution in [3.05, 3.63) is 24.5 Å². The maximum atomic E-state index is 12.2. The van der Waals surface area contributed by atoms with E-state index in [0.29, 0.717) is 5.92 Å². The van der Waals surface area contributed by atoms with Gasteiger partial charge in [0.05, 0.1) is 11.9 Å². The highest BCUT2D eigenvalue weighted by Crippen LogP contribution is 2.21. The van der Waals surface area contributed by atoms with Gasteiger partial charge in [-0.15, -0.1) is 0 Å². The van der Waals surface area contributed by atoms with Crippen LogP contribution in [0, 0.1) is 11.8 Å². The molecule has 1 aromatic heterocycles. The van der Waals surface area contributed by atoms with Crippen molar-refractivity contribution < 1.29 is 9.53 Å². The van der Waals surface area contributed by atoms with Crippen molar-refractivity contribution in [1.29, 1.82) is 0 Å². The molecular weight excluding hydrogens is 266 g/mol. The minimum atomic E-state index is 0.105. The van der Waals surface area contributed by atoms with Gasteiger partial charge in [-0.2, -0.15) is 5.10 Å². The lowest BCUT2D eigenvalue weighted by Crippen LogP contribution is -2.23. The molecule has 5 nitrogen and oxygen atoms in total. The van der Waals surface area contributed by atoms with E-state index in [-0.39, 0.29) is 11.8 Å². The second kappa shape index (κ2) is 6.89. The molecular formula is C16H23N3O2. The molecule has 0 radical (unpaired) electrons. The second-order valence-corrected chi connectivity index (χ2v) is 5.98. The number of aromatic nitrogens is 2. The molecule has 21 heavy (non-hydrogen) atoms. The van der Waals surface area contributed by atoms with E-state index in [1.54, 1.807) is 6.20 Å². The summed E-state index contributed by atoms with van der Waals surface area (Å²) in [6.07, 6.45) is 12.9. The monoisotopic (exact) mass is 289 g/mol. The van der Waals surface area contributed by atoms with Crippen molar-refractivity contribution in [2.45, 2.75) is 38.6 Å². The summed E-state index contributed by atoms with van der Waals surface area (Å²) in [5, 5.41) is 7.34. The maximum absolute atomic E-state index is 12.2. The number of hydrogen-bond donors (Lipinski definition) is 1. The Bertz CT molecular complexity index is 503. The molecule has 114 valence electrons. The molecule has 3 rings (SSSR count). The van der Waals surface area contributed by atoms with Crippen molar-refractivity contribution in [3.8, 4) is 0 Å². The third-order valence-corrected chi connectivity index (χ3v) is 4.33. The Balaban J connectivity index is 1.52. The molecule has 2 aliphatic rings. The second-order valence-electron chi connectivity index (χ2n) is 5.98. The topological polar surface area (TPSA) is 56.2 Å². The van der Waals surface area contributed by atoms with Crippen LogP contribution < -0.4 is 5.32 Å². The summed E-state index contributed by atoms with van der Waals surface area (Å²) < 4.78 is 7.31. The van der Waals surface area contributed by atoms with E-state index >= 15 is 0 Å². The number of nitrogens with zero attached hydrogens (tertiary/aromatic N) is 2. The molecule has 1 amide bonds. The van der Waals surface area contributed by atoms with Gasteiger partial charge in [-0.05, 0) is 38.0 Å². The van der Waals surface area contributed by atoms with Crippen LogP contribution in [0.25, 0.3) is 0 Å². The minimum absolute atomic E-state index is 0.105. The van der Waals surface area contributed by atoms with Gasteiger partial charge in [-0.25, -0.2) is 0 Å². The van der Waals surface area contributed by atoms with Crippen LogP contribution in [-0.2, 0) is 16.1 Å². The van der Waals surface area contributed by atoms with Gasteiger partial charge in [0.15, 0.2) is 0 Å². The van der Waals surface area contributed by atoms with Gasteiger partial charge >= 0.3 is 0 Å². The Morgan fingerprint density at radius 2 is 2.19 bits per heavy atom. The predicted molar refractivity (Wildman–Crippen MR) is 80.9 cm³/mol. The van der Waals surface area contributed by atoms with Gasteiger partial charge in [0.1, 0.15) is 0 Å². The van der Waals surface area contributed by atoms with Gasteiger partial charge < -0.3 is 10.1 Å². The van der Waals surface area contributed by atoms with Crippen molar-refractivity contribution in [2.75, 3.05) is 18.5 Å². The van der Waals surface area contributed by atoms with Gasteiger partial charge in [0, 0.05) is 31.9 Å². The van der Waals surface area contributed by atoms with E-state index in [9.17, 15) is 4.79 Å². The zero-order chi connectivity index (χ0) is 14.5. The van der Waals surface area contributed by atoms with Crippen LogP contribution in [0.5, 0.6) is 0 Å². The Morgan fingerprint density at radius 3 is 2.95 bits per heavy atom. The Hall–Kier alpha value is -1.62. The van der Waals surface area contributed by atoms with E-state index in [4.69, 9.17) is 4.74 Å². The standard InChI is InChI=1S/C16H23N3O2/c20-16(14-4-2-1-3-5-14)18-15-10-17-19(12-15)11-13-6-8-21-9-7-13/h1-2,10,12-14H,3-9,11H2,(H,18,20)/t14-/m0/s1. The van der Waals surface area contributed by atoms with Crippen LogP contribution in [0.2, 0.25) is 0 Å². The first kappa shape index (κ1) is 14.3. The Morgan fingerprint density at radius 1 is 1.33 bits per heavy atom. The van der Waals surface area contributed by atoms with Crippen LogP contribution in [0.3, 0.4) is 0 Å². The summed E-state index contributed by atoms with van der Waals surface area (Å²) in [5.74, 6) is 0.851. The molecule has 0 unspecified atom stereocenters. The zero-order valence-corrected chi connectivity index (χ0v) is 12.3. The molecule has 0 bridgehead atoms. The highest BCUT2D eigenvalue weighted by atomic mass is 16.5. The summed E-state index contributed by atoms with van der Waals surface area (Å²) in [4.78, 5) is 12.2. The summed E-state index contributed by atoms with van der Waals surface area (Å²) in [6.45, 7) is 2.61. The lowest BCUT2D eigenvalue weighted by Gasteiger charge is -2.21. The lowest BCUT2D eigenvalue weighted by atomic mass is 9.94. The fourth-order valence-electron chi connectivity index (χ4n) is 3.00. The van der Waals surface area contributed by atoms with Crippen LogP contribution in [0.1, 0.15) is 32.1 Å². The van der Waals surface area contributed by atoms with Crippen LogP contribution >= 0.6 is 0 Å². The number of allylic oxidation sites excluding steroid dienone is 2. The molecule has 0 spiro atoms. The van der Waals surface area contributed by atoms with Crippen LogP contribution in [0.4, 0.5) is 5.69 Å². The predicted octanol–water partition coefficient (Wildman–Crippen LogP) is 2.60. The molecule has 0 aromatic carbocycles. The number of carbonyl (C=O) groups is 1. The third-order valence-electron chi connectivity index (χ3n) is 4.33. The summed E-state index contributed by atoms with van der Waals surface area (Å²) in [7, 11) is 0. The summed E-state index contributed by atoms with van der Waals surface area (Å²) in [6, 6.07) is 0. The first-order chi connectivity index (χ1) is 10.3. The lowest BCUT2D eigenvalue weighted by molar-refractivity contribution is -0.120. The van der Waals surface area contributed by atoms with Gasteiger partial charge in [0.25, 0.3) is 0 Å². The van der Waals surface area contributed by atoms with Crippen molar-refractivity contribution in [3.63, 3.8) is 0 Å². The van der Waals surface area contributed by atoms with Gasteiger partial charge in [-0.3, -0.25) is 9.48 Å². The fourth-order valence-corrected chi connectivity index (χ4v) is 3.00. The third kappa shape index (κ3) is 3.94. The number of ether oxygens (including phenoxy) is 1. The largest absolute Gasteiger partial charge is 0.381 e. The summed E-state index contributed by atoms with van der Waals surface area (Å²) >= 11 is 0. The normalized spacial score (nSPS) is 23.1. The minimum Gasteiger partial charge on any atom is -0.381 e. The number of anilines is 1. The molecule has 2 heterocycles. The van der Waals surface area contributed by atoms with Gasteiger partial charge in [0.2, 0.25) is 5.91 Å². The first-order valence-electron chi connectivity index (χ1n) is 7.87. The molecule has 5 heteroatoms.